The van der Waals surface area contributed by atoms with Gasteiger partial charge >= 0.3 is 0 Å². The maximum absolute atomic E-state index is 12.8. The van der Waals surface area contributed by atoms with E-state index in [9.17, 15) is 13.2 Å². The molecule has 3 atom stereocenters. The van der Waals surface area contributed by atoms with E-state index in [4.69, 9.17) is 5.73 Å². The minimum atomic E-state index is -3.50. The van der Waals surface area contributed by atoms with Crippen molar-refractivity contribution in [1.82, 2.24) is 10.0 Å². The van der Waals surface area contributed by atoms with E-state index in [0.717, 1.165) is 31.2 Å². The van der Waals surface area contributed by atoms with E-state index in [-0.39, 0.29) is 41.2 Å². The van der Waals surface area contributed by atoms with E-state index in [1.807, 2.05) is 13.0 Å². The quantitative estimate of drug-likeness (QED) is 0.686. The van der Waals surface area contributed by atoms with Crippen LogP contribution in [0.5, 0.6) is 0 Å². The number of fused-ring (bicyclic) bond motifs is 2. The van der Waals surface area contributed by atoms with E-state index in [0.29, 0.717) is 11.8 Å². The van der Waals surface area contributed by atoms with E-state index in [2.05, 4.69) is 10.0 Å². The van der Waals surface area contributed by atoms with Gasteiger partial charge in [0, 0.05) is 12.0 Å². The molecule has 0 aromatic heterocycles. The van der Waals surface area contributed by atoms with Gasteiger partial charge in [-0.3, -0.25) is 4.79 Å². The number of carbonyl (C=O) groups excluding carboxylic acids is 1. The lowest BCUT2D eigenvalue weighted by Gasteiger charge is -2.43. The van der Waals surface area contributed by atoms with Crippen molar-refractivity contribution in [2.75, 3.05) is 7.05 Å². The number of sulfonamides is 1. The lowest BCUT2D eigenvalue weighted by molar-refractivity contribution is -0.128. The molecule has 6 nitrogen and oxygen atoms in total. The van der Waals surface area contributed by atoms with Gasteiger partial charge < -0.3 is 11.1 Å². The van der Waals surface area contributed by atoms with Crippen molar-refractivity contribution >= 4 is 28.3 Å². The Labute approximate surface area is 168 Å². The molecule has 1 amide bonds. The van der Waals surface area contributed by atoms with Crippen LogP contribution in [-0.4, -0.2) is 27.4 Å². The van der Waals surface area contributed by atoms with E-state index in [1.165, 1.54) is 13.5 Å². The van der Waals surface area contributed by atoms with Gasteiger partial charge in [0.15, 0.2) is 0 Å². The Morgan fingerprint density at radius 3 is 2.44 bits per heavy atom. The Hall–Kier alpha value is -1.15. The summed E-state index contributed by atoms with van der Waals surface area (Å²) in [4.78, 5) is 13.0. The van der Waals surface area contributed by atoms with Crippen molar-refractivity contribution in [3.8, 4) is 0 Å². The predicted molar refractivity (Wildman–Crippen MR) is 108 cm³/mol. The van der Waals surface area contributed by atoms with Gasteiger partial charge in [0.05, 0.1) is 10.9 Å². The third kappa shape index (κ3) is 4.83. The summed E-state index contributed by atoms with van der Waals surface area (Å²) >= 11 is 0. The maximum atomic E-state index is 12.8. The second kappa shape index (κ2) is 8.90. The number of nitrogens with two attached hydrogens (primary N) is 1. The maximum Gasteiger partial charge on any atom is 0.240 e. The number of nitrogens with one attached hydrogen (secondary N) is 2. The van der Waals surface area contributed by atoms with Crippen molar-refractivity contribution in [2.24, 2.45) is 23.5 Å². The van der Waals surface area contributed by atoms with Crippen molar-refractivity contribution in [1.29, 1.82) is 0 Å². The smallest absolute Gasteiger partial charge is 0.240 e. The largest absolute Gasteiger partial charge is 0.349 e. The molecule has 0 spiro atoms. The first-order valence-corrected chi connectivity index (χ1v) is 10.9. The minimum Gasteiger partial charge on any atom is -0.349 e. The molecule has 1 aromatic rings. The molecule has 2 fully saturated rings. The number of carbonyl (C=O) groups is 1. The summed E-state index contributed by atoms with van der Waals surface area (Å²) in [7, 11) is -2.11. The summed E-state index contributed by atoms with van der Waals surface area (Å²) in [5, 5.41) is 3.07. The first-order chi connectivity index (χ1) is 12.3. The third-order valence-electron chi connectivity index (χ3n) is 6.08. The third-order valence-corrected chi connectivity index (χ3v) is 7.49. The number of amides is 1. The van der Waals surface area contributed by atoms with Gasteiger partial charge in [0.2, 0.25) is 15.9 Å². The van der Waals surface area contributed by atoms with Crippen LogP contribution in [0.25, 0.3) is 0 Å². The van der Waals surface area contributed by atoms with E-state index >= 15 is 0 Å². The molecule has 8 heteroatoms. The fourth-order valence-corrected chi connectivity index (χ4v) is 5.27. The SMILES string of the molecule is CNS(=O)(=O)c1cccc(C(C)NC(=O)C2CC3CCCC(C2)C3N)c1.Cl. The lowest BCUT2D eigenvalue weighted by atomic mass is 9.65. The molecule has 1 aromatic carbocycles. The molecule has 0 radical (unpaired) electrons. The second-order valence-corrected chi connectivity index (χ2v) is 9.59. The molecular weight excluding hydrogens is 386 g/mol. The number of hydrogen-bond donors (Lipinski definition) is 3. The molecule has 152 valence electrons. The Morgan fingerprint density at radius 2 is 1.85 bits per heavy atom. The highest BCUT2D eigenvalue weighted by molar-refractivity contribution is 7.89. The highest BCUT2D eigenvalue weighted by atomic mass is 35.5. The number of benzene rings is 1. The number of halogens is 1. The Kier molecular flexibility index (Phi) is 7.30. The first-order valence-electron chi connectivity index (χ1n) is 9.41. The molecule has 2 saturated carbocycles. The van der Waals surface area contributed by atoms with Gasteiger partial charge in [0.1, 0.15) is 0 Å². The zero-order valence-electron chi connectivity index (χ0n) is 15.9. The van der Waals surface area contributed by atoms with Gasteiger partial charge in [-0.25, -0.2) is 13.1 Å². The van der Waals surface area contributed by atoms with Crippen molar-refractivity contribution in [3.63, 3.8) is 0 Å². The molecule has 4 N–H and O–H groups in total. The molecular formula is C19H30ClN3O3S. The van der Waals surface area contributed by atoms with Crippen molar-refractivity contribution in [2.45, 2.75) is 56.0 Å². The molecule has 27 heavy (non-hydrogen) atoms. The lowest BCUT2D eigenvalue weighted by Crippen LogP contribution is -2.49. The zero-order chi connectivity index (χ0) is 18.9. The van der Waals surface area contributed by atoms with Gasteiger partial charge in [-0.1, -0.05) is 18.6 Å². The molecule has 3 unspecified atom stereocenters. The Morgan fingerprint density at radius 1 is 1.22 bits per heavy atom. The van der Waals surface area contributed by atoms with Crippen LogP contribution in [0.4, 0.5) is 0 Å². The Balaban J connectivity index is 0.00000261. The summed E-state index contributed by atoms with van der Waals surface area (Å²) in [5.41, 5.74) is 7.09. The Bertz CT molecular complexity index is 757. The van der Waals surface area contributed by atoms with Crippen LogP contribution < -0.4 is 15.8 Å². The van der Waals surface area contributed by atoms with Crippen molar-refractivity contribution in [3.05, 3.63) is 29.8 Å². The van der Waals surface area contributed by atoms with Crippen LogP contribution in [0.15, 0.2) is 29.2 Å². The number of rotatable bonds is 5. The molecule has 0 aliphatic heterocycles. The molecule has 2 aliphatic rings. The first kappa shape index (κ1) is 22.1. The van der Waals surface area contributed by atoms with E-state index < -0.39 is 10.0 Å². The monoisotopic (exact) mass is 415 g/mol. The fourth-order valence-electron chi connectivity index (χ4n) is 4.49. The molecule has 2 aliphatic carbocycles. The van der Waals surface area contributed by atoms with Crippen LogP contribution >= 0.6 is 12.4 Å². The molecule has 2 bridgehead atoms. The average molecular weight is 416 g/mol. The zero-order valence-corrected chi connectivity index (χ0v) is 17.5. The van der Waals surface area contributed by atoms with Gasteiger partial charge in [-0.15, -0.1) is 12.4 Å². The van der Waals surface area contributed by atoms with Crippen LogP contribution in [0.1, 0.15) is 50.6 Å². The highest BCUT2D eigenvalue weighted by Gasteiger charge is 2.40. The normalized spacial score (nSPS) is 28.7. The second-order valence-electron chi connectivity index (χ2n) is 7.71. The van der Waals surface area contributed by atoms with Gasteiger partial charge in [0.25, 0.3) is 0 Å². The summed E-state index contributed by atoms with van der Waals surface area (Å²) in [6, 6.07) is 6.70. The average Bonchev–Trinajstić information content (AvgIpc) is 2.61. The van der Waals surface area contributed by atoms with Crippen LogP contribution in [0.3, 0.4) is 0 Å². The molecule has 3 rings (SSSR count). The van der Waals surface area contributed by atoms with Gasteiger partial charge in [-0.2, -0.15) is 0 Å². The summed E-state index contributed by atoms with van der Waals surface area (Å²) in [5.74, 6) is 0.982. The molecule has 0 saturated heterocycles. The molecule has 0 heterocycles. The van der Waals surface area contributed by atoms with Crippen LogP contribution in [0, 0.1) is 17.8 Å². The van der Waals surface area contributed by atoms with E-state index in [1.54, 1.807) is 18.2 Å². The standard InChI is InChI=1S/C19H29N3O3S.ClH/c1-12(13-5-4-8-17(11-13)26(24,25)21-2)22-19(23)16-9-14-6-3-7-15(10-16)18(14)20;/h4-5,8,11-12,14-16,18,21H,3,6-7,9-10,20H2,1-2H3,(H,22,23);1H. The summed E-state index contributed by atoms with van der Waals surface area (Å²) in [6.45, 7) is 1.89. The number of hydrogen-bond acceptors (Lipinski definition) is 4. The van der Waals surface area contributed by atoms with Crippen molar-refractivity contribution < 1.29 is 13.2 Å². The topological polar surface area (TPSA) is 101 Å². The minimum absolute atomic E-state index is 0. The fraction of sp³-hybridized carbons (Fsp3) is 0.632. The van der Waals surface area contributed by atoms with Crippen LogP contribution in [0.2, 0.25) is 0 Å². The van der Waals surface area contributed by atoms with Gasteiger partial charge in [-0.05, 0) is 69.2 Å². The van der Waals surface area contributed by atoms with Crippen LogP contribution in [-0.2, 0) is 14.8 Å². The summed E-state index contributed by atoms with van der Waals surface area (Å²) < 4.78 is 26.3. The highest BCUT2D eigenvalue weighted by Crippen LogP contribution is 2.42. The summed E-state index contributed by atoms with van der Waals surface area (Å²) in [6.07, 6.45) is 5.21. The predicted octanol–water partition coefficient (Wildman–Crippen LogP) is 2.35.